The fourth-order valence-electron chi connectivity index (χ4n) is 2.45. The van der Waals surface area contributed by atoms with Crippen LogP contribution >= 0.6 is 15.9 Å². The lowest BCUT2D eigenvalue weighted by Crippen LogP contribution is -2.46. The molecule has 2 amide bonds. The molecule has 150 valence electrons. The number of hydrogen-bond donors (Lipinski definition) is 3. The number of hydrogen-bond acceptors (Lipinski definition) is 4. The van der Waals surface area contributed by atoms with Crippen molar-refractivity contribution < 1.29 is 18.0 Å². The Labute approximate surface area is 173 Å². The predicted octanol–water partition coefficient (Wildman–Crippen LogP) is 3.35. The van der Waals surface area contributed by atoms with Gasteiger partial charge in [-0.25, -0.2) is 8.42 Å². The number of amides is 2. The highest BCUT2D eigenvalue weighted by Gasteiger charge is 2.23. The molecular weight excluding hydrogens is 446 g/mol. The molecule has 2 aromatic carbocycles. The molecule has 9 heteroatoms. The molecule has 1 unspecified atom stereocenters. The number of sulfonamides is 1. The first-order chi connectivity index (χ1) is 13.1. The summed E-state index contributed by atoms with van der Waals surface area (Å²) < 4.78 is 28.6. The van der Waals surface area contributed by atoms with Crippen LogP contribution in [-0.4, -0.2) is 26.3 Å². The Morgan fingerprint density at radius 2 is 1.64 bits per heavy atom. The second kappa shape index (κ2) is 9.20. The van der Waals surface area contributed by atoms with Gasteiger partial charge in [-0.2, -0.15) is 0 Å². The van der Waals surface area contributed by atoms with Crippen molar-refractivity contribution in [3.05, 3.63) is 53.0 Å². The van der Waals surface area contributed by atoms with Gasteiger partial charge in [-0.05, 0) is 48.4 Å². The van der Waals surface area contributed by atoms with Gasteiger partial charge in [0.15, 0.2) is 0 Å². The van der Waals surface area contributed by atoms with Gasteiger partial charge >= 0.3 is 0 Å². The highest BCUT2D eigenvalue weighted by molar-refractivity contribution is 9.10. The van der Waals surface area contributed by atoms with Crippen molar-refractivity contribution in [2.45, 2.75) is 31.7 Å². The zero-order valence-electron chi connectivity index (χ0n) is 15.7. The van der Waals surface area contributed by atoms with Crippen LogP contribution in [0.5, 0.6) is 0 Å². The van der Waals surface area contributed by atoms with E-state index in [-0.39, 0.29) is 16.7 Å². The molecule has 7 nitrogen and oxygen atoms in total. The zero-order chi connectivity index (χ0) is 20.9. The molecule has 0 aliphatic heterocycles. The van der Waals surface area contributed by atoms with E-state index in [2.05, 4.69) is 31.3 Å². The number of nitrogens with one attached hydrogen (secondary N) is 3. The van der Waals surface area contributed by atoms with Gasteiger partial charge in [-0.3, -0.25) is 14.3 Å². The van der Waals surface area contributed by atoms with Crippen LogP contribution in [0.25, 0.3) is 0 Å². The molecule has 0 aliphatic rings. The minimum absolute atomic E-state index is 0.00819. The summed E-state index contributed by atoms with van der Waals surface area (Å²) in [4.78, 5) is 23.8. The Bertz CT molecular complexity index is 959. The smallest absolute Gasteiger partial charge is 0.261 e. The highest BCUT2D eigenvalue weighted by atomic mass is 79.9. The second-order valence-electron chi connectivity index (χ2n) is 6.55. The number of carbonyl (C=O) groups excluding carboxylic acids is 2. The third kappa shape index (κ3) is 6.07. The normalized spacial score (nSPS) is 12.3. The van der Waals surface area contributed by atoms with E-state index in [0.29, 0.717) is 11.4 Å². The number of rotatable bonds is 7. The Balaban J connectivity index is 2.19. The van der Waals surface area contributed by atoms with E-state index in [1.807, 2.05) is 13.8 Å². The molecule has 2 rings (SSSR count). The van der Waals surface area contributed by atoms with Crippen LogP contribution in [0.2, 0.25) is 0 Å². The molecule has 0 heterocycles. The molecule has 0 aliphatic carbocycles. The molecule has 0 radical (unpaired) electrons. The molecule has 0 aromatic heterocycles. The lowest BCUT2D eigenvalue weighted by atomic mass is 10.0. The maximum atomic E-state index is 12.6. The first kappa shape index (κ1) is 21.9. The minimum Gasteiger partial charge on any atom is -0.344 e. The van der Waals surface area contributed by atoms with Crippen molar-refractivity contribution in [1.82, 2.24) is 5.32 Å². The first-order valence-electron chi connectivity index (χ1n) is 8.55. The Hall–Kier alpha value is -2.39. The van der Waals surface area contributed by atoms with Crippen molar-refractivity contribution in [3.63, 3.8) is 0 Å². The third-order valence-corrected chi connectivity index (χ3v) is 5.72. The van der Waals surface area contributed by atoms with E-state index in [0.717, 1.165) is 4.47 Å². The van der Waals surface area contributed by atoms with Crippen molar-refractivity contribution in [1.29, 1.82) is 0 Å². The topological polar surface area (TPSA) is 104 Å². The molecule has 0 saturated carbocycles. The fraction of sp³-hybridized carbons (Fsp3) is 0.263. The van der Waals surface area contributed by atoms with Gasteiger partial charge in [0.25, 0.3) is 10.0 Å². The summed E-state index contributed by atoms with van der Waals surface area (Å²) in [6.45, 7) is 4.95. The van der Waals surface area contributed by atoms with Crippen molar-refractivity contribution in [2.24, 2.45) is 5.92 Å². The van der Waals surface area contributed by atoms with Crippen LogP contribution < -0.4 is 15.4 Å². The minimum atomic E-state index is -3.83. The monoisotopic (exact) mass is 467 g/mol. The average molecular weight is 468 g/mol. The van der Waals surface area contributed by atoms with Gasteiger partial charge in [-0.1, -0.05) is 35.8 Å². The van der Waals surface area contributed by atoms with Gasteiger partial charge in [0, 0.05) is 22.8 Å². The molecule has 0 spiro atoms. The van der Waals surface area contributed by atoms with Gasteiger partial charge in [0.1, 0.15) is 6.04 Å². The third-order valence-electron chi connectivity index (χ3n) is 3.82. The Morgan fingerprint density at radius 1 is 1.00 bits per heavy atom. The number of carbonyl (C=O) groups is 2. The molecule has 28 heavy (non-hydrogen) atoms. The van der Waals surface area contributed by atoms with Crippen LogP contribution in [0.4, 0.5) is 11.4 Å². The average Bonchev–Trinajstić information content (AvgIpc) is 2.61. The molecule has 2 aromatic rings. The number of halogens is 1. The molecular formula is C19H22BrN3O4S. The van der Waals surface area contributed by atoms with E-state index >= 15 is 0 Å². The van der Waals surface area contributed by atoms with Crippen LogP contribution in [0.15, 0.2) is 57.9 Å². The SMILES string of the molecule is CC(=O)NC(C(=O)Nc1cccc(S(=O)(=O)Nc2ccc(Br)cc2)c1)C(C)C. The van der Waals surface area contributed by atoms with Crippen molar-refractivity contribution >= 4 is 49.1 Å². The maximum Gasteiger partial charge on any atom is 0.261 e. The summed E-state index contributed by atoms with van der Waals surface area (Å²) in [5.74, 6) is -0.862. The zero-order valence-corrected chi connectivity index (χ0v) is 18.1. The Morgan fingerprint density at radius 3 is 2.21 bits per heavy atom. The predicted molar refractivity (Wildman–Crippen MR) is 112 cm³/mol. The van der Waals surface area contributed by atoms with Gasteiger partial charge in [0.2, 0.25) is 11.8 Å². The molecule has 3 N–H and O–H groups in total. The molecule has 0 bridgehead atoms. The molecule has 1 atom stereocenters. The number of anilines is 2. The van der Waals surface area contributed by atoms with E-state index in [4.69, 9.17) is 0 Å². The molecule has 0 fully saturated rings. The van der Waals surface area contributed by atoms with Gasteiger partial charge < -0.3 is 10.6 Å². The summed E-state index contributed by atoms with van der Waals surface area (Å²) >= 11 is 3.30. The van der Waals surface area contributed by atoms with E-state index in [9.17, 15) is 18.0 Å². The largest absolute Gasteiger partial charge is 0.344 e. The summed E-state index contributed by atoms with van der Waals surface area (Å²) in [5, 5.41) is 5.26. The Kier molecular flexibility index (Phi) is 7.20. The van der Waals surface area contributed by atoms with Crippen LogP contribution in [0.1, 0.15) is 20.8 Å². The maximum absolute atomic E-state index is 12.6. The highest BCUT2D eigenvalue weighted by Crippen LogP contribution is 2.21. The fourth-order valence-corrected chi connectivity index (χ4v) is 3.82. The lowest BCUT2D eigenvalue weighted by Gasteiger charge is -2.21. The van der Waals surface area contributed by atoms with Crippen LogP contribution in [0, 0.1) is 5.92 Å². The summed E-state index contributed by atoms with van der Waals surface area (Å²) in [6, 6.07) is 11.9. The summed E-state index contributed by atoms with van der Waals surface area (Å²) in [7, 11) is -3.83. The van der Waals surface area contributed by atoms with Gasteiger partial charge in [-0.15, -0.1) is 0 Å². The number of benzene rings is 2. The van der Waals surface area contributed by atoms with Crippen molar-refractivity contribution in [2.75, 3.05) is 10.0 Å². The van der Waals surface area contributed by atoms with E-state index in [1.54, 1.807) is 30.3 Å². The second-order valence-corrected chi connectivity index (χ2v) is 9.15. The van der Waals surface area contributed by atoms with Crippen LogP contribution in [-0.2, 0) is 19.6 Å². The summed E-state index contributed by atoms with van der Waals surface area (Å²) in [6.07, 6.45) is 0. The van der Waals surface area contributed by atoms with Crippen molar-refractivity contribution in [3.8, 4) is 0 Å². The van der Waals surface area contributed by atoms with Gasteiger partial charge in [0.05, 0.1) is 4.90 Å². The molecule has 0 saturated heterocycles. The van der Waals surface area contributed by atoms with E-state index in [1.165, 1.54) is 25.1 Å². The summed E-state index contributed by atoms with van der Waals surface area (Å²) in [5.41, 5.74) is 0.739. The van der Waals surface area contributed by atoms with E-state index < -0.39 is 22.0 Å². The standard InChI is InChI=1S/C19H22BrN3O4S/c1-12(2)18(21-13(3)24)19(25)22-16-5-4-6-17(11-16)28(26,27)23-15-9-7-14(20)8-10-15/h4-12,18,23H,1-3H3,(H,21,24)(H,22,25). The first-order valence-corrected chi connectivity index (χ1v) is 10.8. The lowest BCUT2D eigenvalue weighted by molar-refractivity contribution is -0.126. The van der Waals surface area contributed by atoms with Crippen LogP contribution in [0.3, 0.4) is 0 Å². The quantitative estimate of drug-likeness (QED) is 0.580.